The van der Waals surface area contributed by atoms with Gasteiger partial charge in [0, 0.05) is 17.3 Å². The van der Waals surface area contributed by atoms with Crippen molar-refractivity contribution in [3.05, 3.63) is 54.0 Å². The van der Waals surface area contributed by atoms with Gasteiger partial charge in [-0.3, -0.25) is 0 Å². The van der Waals surface area contributed by atoms with Gasteiger partial charge < -0.3 is 9.84 Å². The third kappa shape index (κ3) is 3.97. The molecule has 3 nitrogen and oxygen atoms in total. The van der Waals surface area contributed by atoms with E-state index in [1.54, 1.807) is 29.3 Å². The van der Waals surface area contributed by atoms with Crippen molar-refractivity contribution in [3.63, 3.8) is 0 Å². The number of benzene rings is 2. The predicted molar refractivity (Wildman–Crippen MR) is 88.3 cm³/mol. The van der Waals surface area contributed by atoms with Crippen LogP contribution < -0.4 is 4.74 Å². The van der Waals surface area contributed by atoms with Crippen molar-refractivity contribution in [1.29, 1.82) is 0 Å². The fraction of sp³-hybridized carbons (Fsp3) is 0.188. The average molecular weight is 317 g/mol. The van der Waals surface area contributed by atoms with Crippen LogP contribution in [0.3, 0.4) is 0 Å². The summed E-state index contributed by atoms with van der Waals surface area (Å²) >= 11 is 3.13. The second-order valence-corrected chi connectivity index (χ2v) is 6.74. The molecular formula is C16H15NO2S2. The fourth-order valence-electron chi connectivity index (χ4n) is 1.95. The van der Waals surface area contributed by atoms with Crippen molar-refractivity contribution in [2.24, 2.45) is 0 Å². The number of rotatable bonds is 6. The van der Waals surface area contributed by atoms with Crippen molar-refractivity contribution >= 4 is 33.9 Å². The standard InChI is InChI=1S/C16H15NO2S2/c18-14(11-21-16-17-7-8-20-16)10-19-15-6-5-12-3-1-2-4-13(12)9-15/h1-9,14,18H,10-11H2/t14-/m1/s1. The van der Waals surface area contributed by atoms with Crippen molar-refractivity contribution < 1.29 is 9.84 Å². The van der Waals surface area contributed by atoms with Crippen LogP contribution in [0.4, 0.5) is 0 Å². The van der Waals surface area contributed by atoms with Crippen molar-refractivity contribution in [2.45, 2.75) is 10.4 Å². The van der Waals surface area contributed by atoms with E-state index in [0.717, 1.165) is 15.5 Å². The Kier molecular flexibility index (Phi) is 4.75. The minimum Gasteiger partial charge on any atom is -0.491 e. The highest BCUT2D eigenvalue weighted by Gasteiger charge is 2.08. The summed E-state index contributed by atoms with van der Waals surface area (Å²) in [6, 6.07) is 14.1. The molecule has 0 aliphatic carbocycles. The lowest BCUT2D eigenvalue weighted by atomic mass is 10.1. The van der Waals surface area contributed by atoms with E-state index in [9.17, 15) is 5.11 Å². The molecule has 5 heteroatoms. The normalized spacial score (nSPS) is 12.4. The number of hydrogen-bond acceptors (Lipinski definition) is 5. The van der Waals surface area contributed by atoms with Crippen molar-refractivity contribution in [2.75, 3.05) is 12.4 Å². The van der Waals surface area contributed by atoms with E-state index in [2.05, 4.69) is 17.1 Å². The van der Waals surface area contributed by atoms with Crippen LogP contribution in [-0.2, 0) is 0 Å². The molecule has 0 unspecified atom stereocenters. The molecule has 0 aliphatic rings. The number of aliphatic hydroxyl groups is 1. The first-order valence-corrected chi connectivity index (χ1v) is 8.50. The lowest BCUT2D eigenvalue weighted by molar-refractivity contribution is 0.126. The first-order valence-electron chi connectivity index (χ1n) is 6.63. The second kappa shape index (κ2) is 6.93. The molecule has 0 amide bonds. The number of aromatic nitrogens is 1. The number of fused-ring (bicyclic) bond motifs is 1. The lowest BCUT2D eigenvalue weighted by Crippen LogP contribution is -2.19. The number of thioether (sulfide) groups is 1. The Morgan fingerprint density at radius 1 is 1.19 bits per heavy atom. The molecule has 0 radical (unpaired) electrons. The lowest BCUT2D eigenvalue weighted by Gasteiger charge is -2.12. The molecule has 1 aromatic heterocycles. The monoisotopic (exact) mass is 317 g/mol. The number of nitrogens with zero attached hydrogens (tertiary/aromatic N) is 1. The maximum absolute atomic E-state index is 9.95. The van der Waals surface area contributed by atoms with Gasteiger partial charge in [-0.05, 0) is 22.9 Å². The SMILES string of the molecule is O[C@H](COc1ccc2ccccc2c1)CSc1nccs1. The molecule has 1 N–H and O–H groups in total. The highest BCUT2D eigenvalue weighted by Crippen LogP contribution is 2.22. The highest BCUT2D eigenvalue weighted by molar-refractivity contribution is 8.01. The molecule has 0 aliphatic heterocycles. The van der Waals surface area contributed by atoms with Crippen LogP contribution in [0.5, 0.6) is 5.75 Å². The summed E-state index contributed by atoms with van der Waals surface area (Å²) in [5.41, 5.74) is 0. The number of ether oxygens (including phenoxy) is 1. The van der Waals surface area contributed by atoms with Gasteiger partial charge in [0.15, 0.2) is 0 Å². The van der Waals surface area contributed by atoms with E-state index in [1.165, 1.54) is 5.39 Å². The fourth-order valence-corrected chi connectivity index (χ4v) is 3.52. The maximum atomic E-state index is 9.95. The Morgan fingerprint density at radius 2 is 2.05 bits per heavy atom. The van der Waals surface area contributed by atoms with Gasteiger partial charge in [-0.1, -0.05) is 42.1 Å². The van der Waals surface area contributed by atoms with Gasteiger partial charge in [0.05, 0.1) is 6.10 Å². The Balaban J connectivity index is 1.53. The molecule has 0 saturated carbocycles. The summed E-state index contributed by atoms with van der Waals surface area (Å²) in [5.74, 6) is 1.37. The Morgan fingerprint density at radius 3 is 2.86 bits per heavy atom. The molecule has 1 atom stereocenters. The summed E-state index contributed by atoms with van der Waals surface area (Å²) in [4.78, 5) is 4.17. The van der Waals surface area contributed by atoms with Crippen LogP contribution in [0.15, 0.2) is 58.4 Å². The average Bonchev–Trinajstić information content (AvgIpc) is 3.04. The Bertz CT molecular complexity index is 700. The highest BCUT2D eigenvalue weighted by atomic mass is 32.2. The number of aliphatic hydroxyl groups excluding tert-OH is 1. The Hall–Kier alpha value is -1.56. The minimum atomic E-state index is -0.509. The van der Waals surface area contributed by atoms with E-state index in [0.29, 0.717) is 5.75 Å². The molecule has 1 heterocycles. The van der Waals surface area contributed by atoms with Gasteiger partial charge in [-0.15, -0.1) is 11.3 Å². The maximum Gasteiger partial charge on any atom is 0.149 e. The molecule has 0 bridgehead atoms. The first-order chi connectivity index (χ1) is 10.3. The zero-order valence-corrected chi connectivity index (χ0v) is 12.9. The molecule has 108 valence electrons. The van der Waals surface area contributed by atoms with Gasteiger partial charge in [-0.2, -0.15) is 0 Å². The van der Waals surface area contributed by atoms with Gasteiger partial charge in [0.25, 0.3) is 0 Å². The Labute approximate surface area is 131 Å². The van der Waals surface area contributed by atoms with Crippen LogP contribution in [0.25, 0.3) is 10.8 Å². The van der Waals surface area contributed by atoms with Gasteiger partial charge >= 0.3 is 0 Å². The van der Waals surface area contributed by atoms with E-state index < -0.39 is 6.10 Å². The second-order valence-electron chi connectivity index (χ2n) is 4.58. The predicted octanol–water partition coefficient (Wildman–Crippen LogP) is 3.83. The van der Waals surface area contributed by atoms with E-state index in [4.69, 9.17) is 4.74 Å². The molecule has 0 spiro atoms. The van der Waals surface area contributed by atoms with E-state index in [1.807, 2.05) is 35.7 Å². The first kappa shape index (κ1) is 14.4. The van der Waals surface area contributed by atoms with Crippen molar-refractivity contribution in [3.8, 4) is 5.75 Å². The third-order valence-electron chi connectivity index (χ3n) is 2.97. The van der Waals surface area contributed by atoms with E-state index >= 15 is 0 Å². The largest absolute Gasteiger partial charge is 0.491 e. The molecule has 21 heavy (non-hydrogen) atoms. The molecule has 0 fully saturated rings. The van der Waals surface area contributed by atoms with Gasteiger partial charge in [0.2, 0.25) is 0 Å². The van der Waals surface area contributed by atoms with E-state index in [-0.39, 0.29) is 6.61 Å². The van der Waals surface area contributed by atoms with Crippen LogP contribution in [0.1, 0.15) is 0 Å². The molecule has 3 aromatic rings. The van der Waals surface area contributed by atoms with Crippen LogP contribution >= 0.6 is 23.1 Å². The zero-order valence-electron chi connectivity index (χ0n) is 11.3. The summed E-state index contributed by atoms with van der Waals surface area (Å²) in [5, 5.41) is 14.2. The molecular weight excluding hydrogens is 302 g/mol. The van der Waals surface area contributed by atoms with Gasteiger partial charge in [-0.25, -0.2) is 4.98 Å². The summed E-state index contributed by atoms with van der Waals surface area (Å²) < 4.78 is 6.64. The zero-order chi connectivity index (χ0) is 14.5. The van der Waals surface area contributed by atoms with Crippen molar-refractivity contribution in [1.82, 2.24) is 4.98 Å². The van der Waals surface area contributed by atoms with Crippen LogP contribution in [-0.4, -0.2) is 28.6 Å². The number of hydrogen-bond donors (Lipinski definition) is 1. The van der Waals surface area contributed by atoms with Crippen LogP contribution in [0.2, 0.25) is 0 Å². The smallest absolute Gasteiger partial charge is 0.149 e. The molecule has 0 saturated heterocycles. The quantitative estimate of drug-likeness (QED) is 0.702. The summed E-state index contributed by atoms with van der Waals surface area (Å²) in [6.45, 7) is 0.288. The topological polar surface area (TPSA) is 42.4 Å². The summed E-state index contributed by atoms with van der Waals surface area (Å²) in [7, 11) is 0. The molecule has 3 rings (SSSR count). The van der Waals surface area contributed by atoms with Gasteiger partial charge in [0.1, 0.15) is 16.7 Å². The van der Waals surface area contributed by atoms with Crippen LogP contribution in [0, 0.1) is 0 Å². The summed E-state index contributed by atoms with van der Waals surface area (Å²) in [6.07, 6.45) is 1.26. The number of thiazole rings is 1. The molecule has 2 aromatic carbocycles. The third-order valence-corrected chi connectivity index (χ3v) is 5.08. The minimum absolute atomic E-state index is 0.288.